The van der Waals surface area contributed by atoms with Crippen LogP contribution in [0.15, 0.2) is 133 Å². The molecule has 1 aliphatic heterocycles. The zero-order valence-corrected chi connectivity index (χ0v) is 34.0. The van der Waals surface area contributed by atoms with Crippen molar-refractivity contribution in [2.24, 2.45) is 0 Å². The van der Waals surface area contributed by atoms with Crippen LogP contribution >= 0.6 is 0 Å². The second kappa shape index (κ2) is 13.4. The van der Waals surface area contributed by atoms with Crippen LogP contribution in [0.1, 0.15) is 73.2 Å². The number of fused-ring (bicyclic) bond motifs is 1. The summed E-state index contributed by atoms with van der Waals surface area (Å²) in [7, 11) is 0. The van der Waals surface area contributed by atoms with Crippen LogP contribution < -0.4 is 10.5 Å². The predicted molar refractivity (Wildman–Crippen MR) is 202 cm³/mol. The first kappa shape index (κ1) is 41.8. The number of halogens is 9. The first-order valence-electron chi connectivity index (χ1n) is 17.9. The van der Waals surface area contributed by atoms with Crippen molar-refractivity contribution in [3.8, 4) is 0 Å². The Kier molecular flexibility index (Phi) is 10.00. The molecule has 0 aliphatic carbocycles. The second-order valence-electron chi connectivity index (χ2n) is 16.4. The number of aliphatic hydroxyl groups is 1. The van der Waals surface area contributed by atoms with Gasteiger partial charge in [-0.3, -0.25) is 0 Å². The van der Waals surface area contributed by atoms with Gasteiger partial charge in [-0.1, -0.05) is 0 Å². The Morgan fingerprint density at radius 3 is 1.29 bits per heavy atom. The molecule has 12 heteroatoms. The SMILES string of the molecule is CC(C)(C)c1cc[c]([Sb]2([c]3ccc(C(C)(C)C)cc3)([CH](c3ccccc3)[C@@](O)(c3ccccc3)C(F)(F)F)[O]C(C(F)(F)F)(C(F)(F)F)c3cccc[c]32)cc1. The van der Waals surface area contributed by atoms with Crippen molar-refractivity contribution < 1.29 is 47.6 Å². The van der Waals surface area contributed by atoms with Crippen LogP contribution in [0.4, 0.5) is 39.5 Å². The summed E-state index contributed by atoms with van der Waals surface area (Å²) in [5, 5.41) is 13.0. The minimum atomic E-state index is -8.07. The summed E-state index contributed by atoms with van der Waals surface area (Å²) in [6, 6.07) is 27.4. The van der Waals surface area contributed by atoms with Crippen molar-refractivity contribution in [2.75, 3.05) is 0 Å². The molecule has 5 aromatic carbocycles. The Morgan fingerprint density at radius 2 is 0.893 bits per heavy atom. The molecular formula is C44H42F9O2Sb. The molecule has 1 aliphatic rings. The quantitative estimate of drug-likeness (QED) is 0.136. The molecule has 2 nitrogen and oxygen atoms in total. The molecule has 1 unspecified atom stereocenters. The summed E-state index contributed by atoms with van der Waals surface area (Å²) in [6.07, 6.45) is -18.2. The van der Waals surface area contributed by atoms with Crippen molar-refractivity contribution in [3.63, 3.8) is 0 Å². The van der Waals surface area contributed by atoms with Gasteiger partial charge >= 0.3 is 323 Å². The van der Waals surface area contributed by atoms with Crippen molar-refractivity contribution in [1.82, 2.24) is 0 Å². The summed E-state index contributed by atoms with van der Waals surface area (Å²) < 4.78 is 148. The van der Waals surface area contributed by atoms with E-state index in [4.69, 9.17) is 3.02 Å². The van der Waals surface area contributed by atoms with Gasteiger partial charge in [0, 0.05) is 0 Å². The summed E-state index contributed by atoms with van der Waals surface area (Å²) in [6.45, 7) is 11.0. The van der Waals surface area contributed by atoms with E-state index in [1.54, 1.807) is 0 Å². The zero-order chi connectivity index (χ0) is 41.4. The van der Waals surface area contributed by atoms with Gasteiger partial charge in [-0.2, -0.15) is 0 Å². The van der Waals surface area contributed by atoms with Gasteiger partial charge < -0.3 is 0 Å². The van der Waals surface area contributed by atoms with Gasteiger partial charge in [-0.15, -0.1) is 0 Å². The maximum atomic E-state index is 16.5. The van der Waals surface area contributed by atoms with E-state index in [0.29, 0.717) is 17.2 Å². The van der Waals surface area contributed by atoms with E-state index in [0.717, 1.165) is 24.3 Å². The molecule has 6 rings (SSSR count). The zero-order valence-electron chi connectivity index (χ0n) is 31.5. The molecule has 0 bridgehead atoms. The summed E-state index contributed by atoms with van der Waals surface area (Å²) in [5.74, 6) is 0. The first-order valence-corrected chi connectivity index (χ1v) is 24.2. The van der Waals surface area contributed by atoms with Crippen LogP contribution in [0.3, 0.4) is 0 Å². The fourth-order valence-electron chi connectivity index (χ4n) is 8.33. The van der Waals surface area contributed by atoms with E-state index < -0.39 is 76.9 Å². The Hall–Kier alpha value is -3.79. The van der Waals surface area contributed by atoms with Crippen molar-refractivity contribution in [2.45, 2.75) is 86.0 Å². The van der Waals surface area contributed by atoms with E-state index >= 15 is 39.5 Å². The number of hydrogen-bond acceptors (Lipinski definition) is 2. The molecule has 0 aromatic heterocycles. The molecule has 2 atom stereocenters. The Labute approximate surface area is 322 Å². The summed E-state index contributed by atoms with van der Waals surface area (Å²) in [4.78, 5) is 0. The van der Waals surface area contributed by atoms with E-state index in [2.05, 4.69) is 0 Å². The van der Waals surface area contributed by atoms with Gasteiger partial charge in [0.15, 0.2) is 0 Å². The normalized spacial score (nSPS) is 19.2. The van der Waals surface area contributed by atoms with Gasteiger partial charge in [0.05, 0.1) is 0 Å². The van der Waals surface area contributed by atoms with Crippen LogP contribution in [0, 0.1) is 0 Å². The number of rotatable bonds is 6. The standard InChI is InChI=1S/C15H12F3O.2C10H13.C9H4F6O.Sb/c16-15(17,18)14(19,13-9-5-2-6-10-13)11-12-7-3-1-4-8-12;2*1-10(2,3)9-7-5-4-6-8-9;10-8(11,12)7(16,9(13,14)15)6-4-2-1-3-5-6;/h1-11,19H;2*5-8H,1-3H3;1-4H;/q;;;-1;+1/t14-;;;;/m1..../s1. The molecule has 0 saturated carbocycles. The molecule has 0 spiro atoms. The minimum absolute atomic E-state index is 0.301. The van der Waals surface area contributed by atoms with E-state index in [1.807, 2.05) is 41.5 Å². The van der Waals surface area contributed by atoms with Crippen molar-refractivity contribution in [1.29, 1.82) is 0 Å². The average Bonchev–Trinajstić information content (AvgIpc) is 3.42. The third kappa shape index (κ3) is 5.93. The molecule has 0 amide bonds. The van der Waals surface area contributed by atoms with E-state index in [1.165, 1.54) is 103 Å². The third-order valence-corrected chi connectivity index (χ3v) is 29.0. The van der Waals surface area contributed by atoms with E-state index in [9.17, 15) is 5.11 Å². The van der Waals surface area contributed by atoms with Crippen LogP contribution in [0.25, 0.3) is 0 Å². The molecule has 298 valence electrons. The summed E-state index contributed by atoms with van der Waals surface area (Å²) >= 11 is -8.07. The third-order valence-electron chi connectivity index (χ3n) is 11.0. The molecule has 0 fully saturated rings. The Bertz CT molecular complexity index is 2110. The Morgan fingerprint density at radius 1 is 0.500 bits per heavy atom. The first-order chi connectivity index (χ1) is 25.8. The van der Waals surface area contributed by atoms with Crippen LogP contribution in [0.2, 0.25) is 0 Å². The Balaban J connectivity index is 2.03. The van der Waals surface area contributed by atoms with Gasteiger partial charge in [0.2, 0.25) is 0 Å². The average molecular weight is 896 g/mol. The molecule has 0 radical (unpaired) electrons. The molecular weight excluding hydrogens is 853 g/mol. The van der Waals surface area contributed by atoms with Crippen molar-refractivity contribution in [3.05, 3.63) is 161 Å². The van der Waals surface area contributed by atoms with Crippen molar-refractivity contribution >= 4 is 28.3 Å². The number of benzene rings is 5. The van der Waals surface area contributed by atoms with Crippen LogP contribution in [-0.4, -0.2) is 41.5 Å². The summed E-state index contributed by atoms with van der Waals surface area (Å²) in [5.41, 5.74) is -11.8. The second-order valence-corrected chi connectivity index (χ2v) is 29.0. The van der Waals surface area contributed by atoms with Gasteiger partial charge in [0.1, 0.15) is 0 Å². The number of hydrogen-bond donors (Lipinski definition) is 1. The monoisotopic (exact) mass is 894 g/mol. The molecule has 56 heavy (non-hydrogen) atoms. The van der Waals surface area contributed by atoms with Gasteiger partial charge in [-0.05, 0) is 0 Å². The van der Waals surface area contributed by atoms with Crippen LogP contribution in [-0.2, 0) is 25.0 Å². The molecule has 1 heterocycles. The molecule has 0 saturated heterocycles. The predicted octanol–water partition coefficient (Wildman–Crippen LogP) is 10.3. The number of alkyl halides is 9. The van der Waals surface area contributed by atoms with Crippen LogP contribution in [0.5, 0.6) is 0 Å². The molecule has 5 aromatic rings. The topological polar surface area (TPSA) is 29.5 Å². The fraction of sp³-hybridized carbons (Fsp3) is 0.318. The maximum absolute atomic E-state index is 16.5. The fourth-order valence-corrected chi connectivity index (χ4v) is 29.3. The molecule has 1 N–H and O–H groups in total. The van der Waals surface area contributed by atoms with Gasteiger partial charge in [0.25, 0.3) is 0 Å². The van der Waals surface area contributed by atoms with E-state index in [-0.39, 0.29) is 12.6 Å². The van der Waals surface area contributed by atoms with Gasteiger partial charge in [-0.25, -0.2) is 0 Å².